The highest BCUT2D eigenvalue weighted by molar-refractivity contribution is 6.05. The highest BCUT2D eigenvalue weighted by Crippen LogP contribution is 2.22. The predicted molar refractivity (Wildman–Crippen MR) is 115 cm³/mol. The fraction of sp³-hybridized carbons (Fsp3) is 0.391. The fourth-order valence-corrected chi connectivity index (χ4v) is 3.59. The summed E-state index contributed by atoms with van der Waals surface area (Å²) in [6.07, 6.45) is 0. The molecule has 2 aromatic carbocycles. The van der Waals surface area contributed by atoms with E-state index in [4.69, 9.17) is 4.74 Å². The molecule has 0 bridgehead atoms. The minimum absolute atomic E-state index is 0.129. The molecule has 1 fully saturated rings. The minimum Gasteiger partial charge on any atom is -0.379 e. The van der Waals surface area contributed by atoms with Crippen molar-refractivity contribution in [2.75, 3.05) is 44.7 Å². The van der Waals surface area contributed by atoms with E-state index in [1.165, 1.54) is 5.56 Å². The Morgan fingerprint density at radius 2 is 1.48 bits per heavy atom. The maximum atomic E-state index is 12.6. The molecule has 6 nitrogen and oxygen atoms in total. The van der Waals surface area contributed by atoms with Crippen molar-refractivity contribution in [3.8, 4) is 0 Å². The maximum absolute atomic E-state index is 12.6. The minimum atomic E-state index is -0.181. The number of amides is 2. The van der Waals surface area contributed by atoms with Gasteiger partial charge in [0.05, 0.1) is 13.2 Å². The number of hydrogen-bond acceptors (Lipinski definition) is 4. The molecule has 2 amide bonds. The van der Waals surface area contributed by atoms with Crippen LogP contribution in [0.2, 0.25) is 0 Å². The molecular weight excluding hydrogens is 366 g/mol. The zero-order valence-electron chi connectivity index (χ0n) is 17.4. The topological polar surface area (TPSA) is 70.7 Å². The monoisotopic (exact) mass is 395 g/mol. The molecule has 0 aliphatic carbocycles. The number of rotatable bonds is 6. The smallest absolute Gasteiger partial charge is 0.255 e. The summed E-state index contributed by atoms with van der Waals surface area (Å²) >= 11 is 0. The molecular formula is C23H29N3O3. The molecule has 154 valence electrons. The summed E-state index contributed by atoms with van der Waals surface area (Å²) in [4.78, 5) is 27.2. The van der Waals surface area contributed by atoms with Crippen molar-refractivity contribution in [3.63, 3.8) is 0 Å². The Labute approximate surface area is 172 Å². The van der Waals surface area contributed by atoms with Crippen LogP contribution in [0.5, 0.6) is 0 Å². The number of aryl methyl sites for hydroxylation is 3. The summed E-state index contributed by atoms with van der Waals surface area (Å²) in [7, 11) is 0. The summed E-state index contributed by atoms with van der Waals surface area (Å²) in [6, 6.07) is 10.8. The Hall–Kier alpha value is -2.70. The van der Waals surface area contributed by atoms with Crippen molar-refractivity contribution >= 4 is 17.5 Å². The molecule has 1 heterocycles. The van der Waals surface area contributed by atoms with Crippen LogP contribution in [0.25, 0.3) is 0 Å². The van der Waals surface area contributed by atoms with Crippen LogP contribution in [-0.4, -0.2) is 56.1 Å². The average molecular weight is 396 g/mol. The van der Waals surface area contributed by atoms with Gasteiger partial charge in [-0.1, -0.05) is 17.7 Å². The van der Waals surface area contributed by atoms with E-state index in [9.17, 15) is 9.59 Å². The van der Waals surface area contributed by atoms with Crippen LogP contribution in [0.15, 0.2) is 36.4 Å². The predicted octanol–water partition coefficient (Wildman–Crippen LogP) is 2.93. The standard InChI is InChI=1S/C23H29N3O3/c1-16-14-17(2)21(18(3)15-16)25-23(28)20-6-4-19(5-7-20)22(27)24-8-9-26-10-12-29-13-11-26/h4-7,14-15H,8-13H2,1-3H3,(H,24,27)(H,25,28). The Bertz CT molecular complexity index is 848. The van der Waals surface area contributed by atoms with Gasteiger partial charge in [0.25, 0.3) is 11.8 Å². The lowest BCUT2D eigenvalue weighted by Crippen LogP contribution is -2.41. The second-order valence-electron chi connectivity index (χ2n) is 7.52. The van der Waals surface area contributed by atoms with Crippen LogP contribution in [0, 0.1) is 20.8 Å². The summed E-state index contributed by atoms with van der Waals surface area (Å²) in [5.41, 5.74) is 5.15. The zero-order valence-corrected chi connectivity index (χ0v) is 17.4. The number of nitrogens with zero attached hydrogens (tertiary/aromatic N) is 1. The molecule has 6 heteroatoms. The van der Waals surface area contributed by atoms with E-state index in [0.29, 0.717) is 17.7 Å². The zero-order chi connectivity index (χ0) is 20.8. The molecule has 0 radical (unpaired) electrons. The molecule has 1 saturated heterocycles. The summed E-state index contributed by atoms with van der Waals surface area (Å²) in [5.74, 6) is -0.310. The highest BCUT2D eigenvalue weighted by Gasteiger charge is 2.13. The third kappa shape index (κ3) is 5.65. The van der Waals surface area contributed by atoms with Crippen LogP contribution in [0.4, 0.5) is 5.69 Å². The summed E-state index contributed by atoms with van der Waals surface area (Å²) < 4.78 is 5.32. The van der Waals surface area contributed by atoms with Gasteiger partial charge in [0.15, 0.2) is 0 Å². The number of benzene rings is 2. The lowest BCUT2D eigenvalue weighted by Gasteiger charge is -2.26. The number of hydrogen-bond donors (Lipinski definition) is 2. The Morgan fingerprint density at radius 3 is 2.07 bits per heavy atom. The van der Waals surface area contributed by atoms with Gasteiger partial charge >= 0.3 is 0 Å². The molecule has 2 N–H and O–H groups in total. The van der Waals surface area contributed by atoms with Crippen molar-refractivity contribution in [1.82, 2.24) is 10.2 Å². The molecule has 0 atom stereocenters. The van der Waals surface area contributed by atoms with E-state index < -0.39 is 0 Å². The summed E-state index contributed by atoms with van der Waals surface area (Å²) in [5, 5.41) is 5.92. The first-order chi connectivity index (χ1) is 13.9. The van der Waals surface area contributed by atoms with Gasteiger partial charge in [-0.2, -0.15) is 0 Å². The van der Waals surface area contributed by atoms with E-state index >= 15 is 0 Å². The summed E-state index contributed by atoms with van der Waals surface area (Å²) in [6.45, 7) is 10.7. The molecule has 1 aliphatic heterocycles. The van der Waals surface area contributed by atoms with Gasteiger partial charge in [-0.05, 0) is 56.2 Å². The first kappa shape index (κ1) is 21.0. The van der Waals surface area contributed by atoms with E-state index in [-0.39, 0.29) is 11.8 Å². The van der Waals surface area contributed by atoms with Gasteiger partial charge in [0.2, 0.25) is 0 Å². The van der Waals surface area contributed by atoms with Gasteiger partial charge in [-0.25, -0.2) is 0 Å². The molecule has 0 aromatic heterocycles. The lowest BCUT2D eigenvalue weighted by molar-refractivity contribution is 0.0383. The molecule has 0 spiro atoms. The Kier molecular flexibility index (Phi) is 7.01. The third-order valence-corrected chi connectivity index (χ3v) is 5.14. The first-order valence-corrected chi connectivity index (χ1v) is 10.0. The highest BCUT2D eigenvalue weighted by atomic mass is 16.5. The molecule has 0 saturated carbocycles. The van der Waals surface area contributed by atoms with Crippen molar-refractivity contribution in [1.29, 1.82) is 0 Å². The van der Waals surface area contributed by atoms with Crippen LogP contribution < -0.4 is 10.6 Å². The molecule has 1 aliphatic rings. The fourth-order valence-electron chi connectivity index (χ4n) is 3.59. The largest absolute Gasteiger partial charge is 0.379 e. The number of anilines is 1. The van der Waals surface area contributed by atoms with Crippen molar-refractivity contribution in [2.24, 2.45) is 0 Å². The van der Waals surface area contributed by atoms with Crippen LogP contribution in [0.1, 0.15) is 37.4 Å². The second kappa shape index (κ2) is 9.67. The molecule has 2 aromatic rings. The average Bonchev–Trinajstić information content (AvgIpc) is 2.71. The number of carbonyl (C=O) groups is 2. The van der Waals surface area contributed by atoms with E-state index in [2.05, 4.69) is 15.5 Å². The second-order valence-corrected chi connectivity index (χ2v) is 7.52. The van der Waals surface area contributed by atoms with Crippen molar-refractivity contribution in [2.45, 2.75) is 20.8 Å². The third-order valence-electron chi connectivity index (χ3n) is 5.14. The van der Waals surface area contributed by atoms with Gasteiger partial charge in [-0.15, -0.1) is 0 Å². The maximum Gasteiger partial charge on any atom is 0.255 e. The Morgan fingerprint density at radius 1 is 0.931 bits per heavy atom. The van der Waals surface area contributed by atoms with Crippen LogP contribution in [-0.2, 0) is 4.74 Å². The quantitative estimate of drug-likeness (QED) is 0.789. The van der Waals surface area contributed by atoms with Gasteiger partial charge in [0, 0.05) is 43.0 Å². The number of carbonyl (C=O) groups excluding carboxylic acids is 2. The van der Waals surface area contributed by atoms with E-state index in [1.807, 2.05) is 32.9 Å². The van der Waals surface area contributed by atoms with Gasteiger partial charge in [0.1, 0.15) is 0 Å². The van der Waals surface area contributed by atoms with Crippen molar-refractivity contribution < 1.29 is 14.3 Å². The van der Waals surface area contributed by atoms with E-state index in [1.54, 1.807) is 24.3 Å². The van der Waals surface area contributed by atoms with Crippen molar-refractivity contribution in [3.05, 3.63) is 64.2 Å². The number of ether oxygens (including phenoxy) is 1. The van der Waals surface area contributed by atoms with Gasteiger partial charge in [-0.3, -0.25) is 14.5 Å². The molecule has 29 heavy (non-hydrogen) atoms. The SMILES string of the molecule is Cc1cc(C)c(NC(=O)c2ccc(C(=O)NCCN3CCOCC3)cc2)c(C)c1. The normalized spacial score (nSPS) is 14.4. The first-order valence-electron chi connectivity index (χ1n) is 10.0. The van der Waals surface area contributed by atoms with Crippen LogP contribution >= 0.6 is 0 Å². The number of nitrogens with one attached hydrogen (secondary N) is 2. The lowest BCUT2D eigenvalue weighted by atomic mass is 10.0. The molecule has 3 rings (SSSR count). The number of morpholine rings is 1. The van der Waals surface area contributed by atoms with Crippen LogP contribution in [0.3, 0.4) is 0 Å². The Balaban J connectivity index is 1.55. The molecule has 0 unspecified atom stereocenters. The van der Waals surface area contributed by atoms with Gasteiger partial charge < -0.3 is 15.4 Å². The van der Waals surface area contributed by atoms with E-state index in [0.717, 1.165) is 49.7 Å².